The lowest BCUT2D eigenvalue weighted by molar-refractivity contribution is -0.119. The first-order valence-electron chi connectivity index (χ1n) is 7.36. The Balaban J connectivity index is 1.75. The Hall–Kier alpha value is -2.21. The van der Waals surface area contributed by atoms with Crippen molar-refractivity contribution in [3.05, 3.63) is 53.5 Å². The van der Waals surface area contributed by atoms with Crippen molar-refractivity contribution in [1.29, 1.82) is 0 Å². The summed E-state index contributed by atoms with van der Waals surface area (Å²) in [6, 6.07) is 8.80. The van der Waals surface area contributed by atoms with Crippen molar-refractivity contribution in [1.82, 2.24) is 4.90 Å². The van der Waals surface area contributed by atoms with Crippen molar-refractivity contribution < 1.29 is 14.0 Å². The first-order valence-corrected chi connectivity index (χ1v) is 8.52. The van der Waals surface area contributed by atoms with Gasteiger partial charge in [-0.25, -0.2) is 0 Å². The molecule has 1 aromatic carbocycles. The van der Waals surface area contributed by atoms with Gasteiger partial charge in [-0.2, -0.15) is 0 Å². The van der Waals surface area contributed by atoms with E-state index in [2.05, 4.69) is 5.32 Å². The minimum atomic E-state index is -0.470. The van der Waals surface area contributed by atoms with Crippen molar-refractivity contribution in [3.8, 4) is 0 Å². The van der Waals surface area contributed by atoms with Crippen LogP contribution in [0.15, 0.2) is 41.0 Å². The predicted octanol–water partition coefficient (Wildman–Crippen LogP) is 3.05. The van der Waals surface area contributed by atoms with E-state index in [9.17, 15) is 9.59 Å². The third-order valence-corrected chi connectivity index (χ3v) is 4.83. The third kappa shape index (κ3) is 3.27. The highest BCUT2D eigenvalue weighted by Gasteiger charge is 2.36. The van der Waals surface area contributed by atoms with Crippen molar-refractivity contribution in [2.75, 3.05) is 16.9 Å². The van der Waals surface area contributed by atoms with Crippen LogP contribution in [0.2, 0.25) is 0 Å². The van der Waals surface area contributed by atoms with Gasteiger partial charge in [0.1, 0.15) is 11.8 Å². The van der Waals surface area contributed by atoms with Crippen molar-refractivity contribution in [2.45, 2.75) is 19.9 Å². The number of amides is 2. The topological polar surface area (TPSA) is 62.6 Å². The van der Waals surface area contributed by atoms with Gasteiger partial charge in [-0.3, -0.25) is 9.59 Å². The Bertz CT molecular complexity index is 741. The highest BCUT2D eigenvalue weighted by Crippen LogP contribution is 2.25. The lowest BCUT2D eigenvalue weighted by Crippen LogP contribution is -2.44. The fraction of sp³-hybridized carbons (Fsp3) is 0.294. The molecule has 0 radical (unpaired) electrons. The van der Waals surface area contributed by atoms with Gasteiger partial charge in [-0.1, -0.05) is 12.1 Å². The first kappa shape index (κ1) is 15.7. The Labute approximate surface area is 139 Å². The quantitative estimate of drug-likeness (QED) is 0.939. The fourth-order valence-corrected chi connectivity index (χ4v) is 3.72. The molecule has 2 aromatic rings. The van der Waals surface area contributed by atoms with Gasteiger partial charge in [0.25, 0.3) is 5.91 Å². The number of benzene rings is 1. The Morgan fingerprint density at radius 1 is 1.30 bits per heavy atom. The van der Waals surface area contributed by atoms with Crippen LogP contribution in [0.5, 0.6) is 0 Å². The maximum Gasteiger partial charge on any atom is 0.258 e. The molecule has 1 fully saturated rings. The number of nitrogens with one attached hydrogen (secondary N) is 1. The lowest BCUT2D eigenvalue weighted by atomic mass is 10.2. The van der Waals surface area contributed by atoms with Crippen LogP contribution in [0.3, 0.4) is 0 Å². The van der Waals surface area contributed by atoms with Gasteiger partial charge in [0.15, 0.2) is 0 Å². The zero-order valence-electron chi connectivity index (χ0n) is 13.0. The zero-order chi connectivity index (χ0) is 16.4. The Kier molecular flexibility index (Phi) is 4.43. The smallest absolute Gasteiger partial charge is 0.258 e. The van der Waals surface area contributed by atoms with Gasteiger partial charge >= 0.3 is 0 Å². The number of hydrogen-bond acceptors (Lipinski definition) is 4. The molecular formula is C17H18N2O3S. The van der Waals surface area contributed by atoms with Crippen molar-refractivity contribution in [3.63, 3.8) is 0 Å². The van der Waals surface area contributed by atoms with E-state index in [0.29, 0.717) is 23.0 Å². The summed E-state index contributed by atoms with van der Waals surface area (Å²) in [4.78, 5) is 26.8. The molecule has 23 heavy (non-hydrogen) atoms. The van der Waals surface area contributed by atoms with Crippen LogP contribution in [-0.4, -0.2) is 34.4 Å². The summed E-state index contributed by atoms with van der Waals surface area (Å²) in [6.07, 6.45) is 1.49. The Morgan fingerprint density at radius 2 is 2.13 bits per heavy atom. The minimum Gasteiger partial charge on any atom is -0.469 e. The van der Waals surface area contributed by atoms with Crippen LogP contribution in [-0.2, 0) is 4.79 Å². The maximum atomic E-state index is 12.6. The van der Waals surface area contributed by atoms with E-state index in [1.54, 1.807) is 29.7 Å². The second kappa shape index (κ2) is 6.50. The molecule has 1 N–H and O–H groups in total. The number of thioether (sulfide) groups is 1. The van der Waals surface area contributed by atoms with E-state index in [4.69, 9.17) is 4.42 Å². The number of rotatable bonds is 3. The molecule has 0 spiro atoms. The molecule has 5 nitrogen and oxygen atoms in total. The fourth-order valence-electron chi connectivity index (χ4n) is 2.57. The van der Waals surface area contributed by atoms with E-state index in [1.165, 1.54) is 6.26 Å². The Morgan fingerprint density at radius 3 is 2.83 bits per heavy atom. The molecule has 3 rings (SSSR count). The van der Waals surface area contributed by atoms with Gasteiger partial charge in [0, 0.05) is 11.4 Å². The molecule has 1 aromatic heterocycles. The molecule has 1 aliphatic rings. The van der Waals surface area contributed by atoms with E-state index in [0.717, 1.165) is 11.3 Å². The molecule has 6 heteroatoms. The van der Waals surface area contributed by atoms with Gasteiger partial charge in [-0.15, -0.1) is 11.8 Å². The van der Waals surface area contributed by atoms with E-state index >= 15 is 0 Å². The SMILES string of the molecule is Cc1cccc(NC(=O)[C@@H]2CSCN2C(=O)c2ccoc2C)c1. The molecule has 1 saturated heterocycles. The van der Waals surface area contributed by atoms with Crippen LogP contribution in [0.4, 0.5) is 5.69 Å². The summed E-state index contributed by atoms with van der Waals surface area (Å²) >= 11 is 1.58. The summed E-state index contributed by atoms with van der Waals surface area (Å²) in [5.74, 6) is 1.36. The number of furan rings is 1. The maximum absolute atomic E-state index is 12.6. The van der Waals surface area contributed by atoms with Crippen LogP contribution < -0.4 is 5.32 Å². The van der Waals surface area contributed by atoms with E-state index < -0.39 is 6.04 Å². The minimum absolute atomic E-state index is 0.157. The largest absolute Gasteiger partial charge is 0.469 e. The predicted molar refractivity (Wildman–Crippen MR) is 90.5 cm³/mol. The molecule has 2 amide bonds. The molecule has 1 aliphatic heterocycles. The molecular weight excluding hydrogens is 312 g/mol. The summed E-state index contributed by atoms with van der Waals surface area (Å²) in [5, 5.41) is 2.90. The second-order valence-electron chi connectivity index (χ2n) is 5.54. The summed E-state index contributed by atoms with van der Waals surface area (Å²) in [6.45, 7) is 3.72. The van der Waals surface area contributed by atoms with E-state index in [-0.39, 0.29) is 11.8 Å². The zero-order valence-corrected chi connectivity index (χ0v) is 13.9. The van der Waals surface area contributed by atoms with Crippen LogP contribution in [0, 0.1) is 13.8 Å². The van der Waals surface area contributed by atoms with E-state index in [1.807, 2.05) is 31.2 Å². The molecule has 0 saturated carbocycles. The lowest BCUT2D eigenvalue weighted by Gasteiger charge is -2.23. The van der Waals surface area contributed by atoms with Gasteiger partial charge in [0.2, 0.25) is 5.91 Å². The van der Waals surface area contributed by atoms with Gasteiger partial charge < -0.3 is 14.6 Å². The summed E-state index contributed by atoms with van der Waals surface area (Å²) < 4.78 is 5.19. The average molecular weight is 330 g/mol. The van der Waals surface area contributed by atoms with Crippen LogP contribution in [0.1, 0.15) is 21.7 Å². The molecule has 2 heterocycles. The van der Waals surface area contributed by atoms with Gasteiger partial charge in [0.05, 0.1) is 17.7 Å². The molecule has 120 valence electrons. The highest BCUT2D eigenvalue weighted by molar-refractivity contribution is 7.99. The van der Waals surface area contributed by atoms with Gasteiger partial charge in [-0.05, 0) is 37.6 Å². The molecule has 0 unspecified atom stereocenters. The average Bonchev–Trinajstić information content (AvgIpc) is 3.15. The third-order valence-electron chi connectivity index (χ3n) is 3.82. The molecule has 0 aliphatic carbocycles. The number of aryl methyl sites for hydroxylation is 2. The second-order valence-corrected chi connectivity index (χ2v) is 6.54. The normalized spacial score (nSPS) is 17.3. The van der Waals surface area contributed by atoms with Crippen LogP contribution in [0.25, 0.3) is 0 Å². The summed E-state index contributed by atoms with van der Waals surface area (Å²) in [7, 11) is 0. The highest BCUT2D eigenvalue weighted by atomic mass is 32.2. The number of anilines is 1. The molecule has 1 atom stereocenters. The number of hydrogen-bond donors (Lipinski definition) is 1. The number of carbonyl (C=O) groups is 2. The molecule has 0 bridgehead atoms. The standard InChI is InChI=1S/C17H18N2O3S/c1-11-4-3-5-13(8-11)18-16(20)15-9-23-10-19(15)17(21)14-6-7-22-12(14)2/h3-8,15H,9-10H2,1-2H3,(H,18,20)/t15-/m0/s1. The first-order chi connectivity index (χ1) is 11.1. The van der Waals surface area contributed by atoms with Crippen molar-refractivity contribution >= 4 is 29.3 Å². The summed E-state index contributed by atoms with van der Waals surface area (Å²) in [5.41, 5.74) is 2.34. The monoisotopic (exact) mass is 330 g/mol. The number of nitrogens with zero attached hydrogens (tertiary/aromatic N) is 1. The van der Waals surface area contributed by atoms with Crippen molar-refractivity contribution in [2.24, 2.45) is 0 Å². The number of carbonyl (C=O) groups excluding carboxylic acids is 2. The van der Waals surface area contributed by atoms with Crippen LogP contribution >= 0.6 is 11.8 Å².